The fraction of sp³-hybridized carbons (Fsp3) is 0.400. The number of nitrogens with zero attached hydrogens (tertiary/aromatic N) is 2. The molecule has 2 heterocycles. The molecule has 1 amide bonds. The van der Waals surface area contributed by atoms with Crippen molar-refractivity contribution in [2.45, 2.75) is 13.3 Å². The zero-order chi connectivity index (χ0) is 15.0. The van der Waals surface area contributed by atoms with Crippen LogP contribution < -0.4 is 0 Å². The number of hydrogen-bond donors (Lipinski definition) is 1. The van der Waals surface area contributed by atoms with Crippen LogP contribution >= 0.6 is 0 Å². The molecule has 3 rings (SSSR count). The number of aliphatic carboxylic acids is 1. The van der Waals surface area contributed by atoms with E-state index < -0.39 is 11.9 Å². The van der Waals surface area contributed by atoms with Crippen LogP contribution in [-0.2, 0) is 16.0 Å². The molecule has 0 radical (unpaired) electrons. The van der Waals surface area contributed by atoms with E-state index in [-0.39, 0.29) is 24.8 Å². The molecule has 1 aromatic carbocycles. The molecule has 1 aromatic heterocycles. The van der Waals surface area contributed by atoms with E-state index >= 15 is 0 Å². The Labute approximate surface area is 121 Å². The number of carbonyl (C=O) groups excluding carboxylic acids is 1. The zero-order valence-electron chi connectivity index (χ0n) is 11.7. The van der Waals surface area contributed by atoms with Crippen LogP contribution in [0.1, 0.15) is 12.6 Å². The van der Waals surface area contributed by atoms with Gasteiger partial charge in [-0.2, -0.15) is 0 Å². The van der Waals surface area contributed by atoms with E-state index in [4.69, 9.17) is 9.63 Å². The second-order valence-electron chi connectivity index (χ2n) is 5.52. The largest absolute Gasteiger partial charge is 0.481 e. The summed E-state index contributed by atoms with van der Waals surface area (Å²) in [4.78, 5) is 25.0. The topological polar surface area (TPSA) is 83.6 Å². The standard InChI is InChI=1S/C15H16N2O4/c1-9-7-17(8-11(9)15(19)20)14(18)6-12-10-4-2-3-5-13(10)21-16-12/h2-5,9,11H,6-8H2,1H3,(H,19,20). The molecule has 1 fully saturated rings. The minimum absolute atomic E-state index is 0.0273. The van der Waals surface area contributed by atoms with Crippen molar-refractivity contribution in [2.75, 3.05) is 13.1 Å². The van der Waals surface area contributed by atoms with E-state index in [9.17, 15) is 9.59 Å². The first kappa shape index (κ1) is 13.6. The van der Waals surface area contributed by atoms with Gasteiger partial charge < -0.3 is 14.5 Å². The van der Waals surface area contributed by atoms with Crippen LogP contribution in [0.5, 0.6) is 0 Å². The average molecular weight is 288 g/mol. The summed E-state index contributed by atoms with van der Waals surface area (Å²) >= 11 is 0. The highest BCUT2D eigenvalue weighted by atomic mass is 16.5. The first-order valence-electron chi connectivity index (χ1n) is 6.90. The normalized spacial score (nSPS) is 21.9. The molecule has 0 spiro atoms. The van der Waals surface area contributed by atoms with Crippen LogP contribution in [0.25, 0.3) is 11.0 Å². The van der Waals surface area contributed by atoms with Gasteiger partial charge in [-0.15, -0.1) is 0 Å². The SMILES string of the molecule is CC1CN(C(=O)Cc2noc3ccccc23)CC1C(=O)O. The summed E-state index contributed by atoms with van der Waals surface area (Å²) in [5.41, 5.74) is 1.25. The molecule has 6 nitrogen and oxygen atoms in total. The van der Waals surface area contributed by atoms with Gasteiger partial charge in [-0.05, 0) is 18.1 Å². The summed E-state index contributed by atoms with van der Waals surface area (Å²) < 4.78 is 5.18. The van der Waals surface area contributed by atoms with Crippen LogP contribution in [0.4, 0.5) is 0 Å². The number of carboxylic acid groups (broad SMARTS) is 1. The van der Waals surface area contributed by atoms with Crippen LogP contribution in [0.2, 0.25) is 0 Å². The second-order valence-corrected chi connectivity index (χ2v) is 5.52. The Morgan fingerprint density at radius 3 is 2.86 bits per heavy atom. The van der Waals surface area contributed by atoms with Gasteiger partial charge >= 0.3 is 5.97 Å². The molecule has 2 atom stereocenters. The van der Waals surface area contributed by atoms with E-state index in [2.05, 4.69) is 5.16 Å². The Morgan fingerprint density at radius 2 is 2.14 bits per heavy atom. The summed E-state index contributed by atoms with van der Waals surface area (Å²) in [5, 5.41) is 13.9. The maximum absolute atomic E-state index is 12.3. The van der Waals surface area contributed by atoms with Crippen molar-refractivity contribution in [1.82, 2.24) is 10.1 Å². The van der Waals surface area contributed by atoms with Gasteiger partial charge in [-0.25, -0.2) is 0 Å². The number of aromatic nitrogens is 1. The molecular formula is C15H16N2O4. The number of carboxylic acids is 1. The van der Waals surface area contributed by atoms with Gasteiger partial charge in [0.15, 0.2) is 5.58 Å². The fourth-order valence-corrected chi connectivity index (χ4v) is 2.81. The zero-order valence-corrected chi connectivity index (χ0v) is 11.7. The van der Waals surface area contributed by atoms with Gasteiger partial charge in [0.25, 0.3) is 0 Å². The number of likely N-dealkylation sites (tertiary alicyclic amines) is 1. The van der Waals surface area contributed by atoms with Crippen molar-refractivity contribution in [3.8, 4) is 0 Å². The first-order valence-corrected chi connectivity index (χ1v) is 6.90. The molecule has 1 N–H and O–H groups in total. The second kappa shape index (κ2) is 5.20. The van der Waals surface area contributed by atoms with E-state index in [0.717, 1.165) is 5.39 Å². The maximum Gasteiger partial charge on any atom is 0.308 e. The van der Waals surface area contributed by atoms with Crippen LogP contribution in [-0.4, -0.2) is 40.1 Å². The predicted octanol–water partition coefficient (Wildman–Crippen LogP) is 1.55. The molecule has 21 heavy (non-hydrogen) atoms. The highest BCUT2D eigenvalue weighted by Crippen LogP contribution is 2.25. The summed E-state index contributed by atoms with van der Waals surface area (Å²) in [6.07, 6.45) is 0.135. The molecule has 2 aromatic rings. The third-order valence-corrected chi connectivity index (χ3v) is 4.05. The Morgan fingerprint density at radius 1 is 1.38 bits per heavy atom. The van der Waals surface area contributed by atoms with Gasteiger partial charge in [0.05, 0.1) is 12.3 Å². The third kappa shape index (κ3) is 2.49. The third-order valence-electron chi connectivity index (χ3n) is 4.05. The summed E-state index contributed by atoms with van der Waals surface area (Å²) in [6, 6.07) is 7.38. The minimum Gasteiger partial charge on any atom is -0.481 e. The van der Waals surface area contributed by atoms with Crippen molar-refractivity contribution in [3.05, 3.63) is 30.0 Å². The average Bonchev–Trinajstić information content (AvgIpc) is 3.03. The molecule has 0 bridgehead atoms. The van der Waals surface area contributed by atoms with E-state index in [0.29, 0.717) is 17.8 Å². The Balaban J connectivity index is 1.74. The summed E-state index contributed by atoms with van der Waals surface area (Å²) in [6.45, 7) is 2.61. The lowest BCUT2D eigenvalue weighted by molar-refractivity contribution is -0.142. The highest BCUT2D eigenvalue weighted by Gasteiger charge is 2.37. The lowest BCUT2D eigenvalue weighted by atomic mass is 9.99. The Hall–Kier alpha value is -2.37. The lowest BCUT2D eigenvalue weighted by Gasteiger charge is -2.14. The molecule has 6 heteroatoms. The van der Waals surface area contributed by atoms with Crippen LogP contribution in [0.15, 0.2) is 28.8 Å². The highest BCUT2D eigenvalue weighted by molar-refractivity contribution is 5.86. The lowest BCUT2D eigenvalue weighted by Crippen LogP contribution is -2.31. The van der Waals surface area contributed by atoms with E-state index in [1.165, 1.54) is 0 Å². The number of carbonyl (C=O) groups is 2. The quantitative estimate of drug-likeness (QED) is 0.926. The predicted molar refractivity (Wildman–Crippen MR) is 74.6 cm³/mol. The van der Waals surface area contributed by atoms with E-state index in [1.807, 2.05) is 25.1 Å². The van der Waals surface area contributed by atoms with Gasteiger partial charge in [0.2, 0.25) is 5.91 Å². The Kier molecular flexibility index (Phi) is 3.37. The maximum atomic E-state index is 12.3. The van der Waals surface area contributed by atoms with Crippen molar-refractivity contribution in [3.63, 3.8) is 0 Å². The number of hydrogen-bond acceptors (Lipinski definition) is 4. The van der Waals surface area contributed by atoms with Gasteiger partial charge in [-0.3, -0.25) is 9.59 Å². The smallest absolute Gasteiger partial charge is 0.308 e. The number of para-hydroxylation sites is 1. The fourth-order valence-electron chi connectivity index (χ4n) is 2.81. The minimum atomic E-state index is -0.843. The number of fused-ring (bicyclic) bond motifs is 1. The molecule has 110 valence electrons. The molecule has 1 saturated heterocycles. The molecule has 1 aliphatic heterocycles. The Bertz CT molecular complexity index is 694. The van der Waals surface area contributed by atoms with E-state index in [1.54, 1.807) is 11.0 Å². The molecule has 1 aliphatic rings. The summed E-state index contributed by atoms with van der Waals surface area (Å²) in [7, 11) is 0. The van der Waals surface area contributed by atoms with Crippen molar-refractivity contribution >= 4 is 22.8 Å². The molecule has 2 unspecified atom stereocenters. The number of benzene rings is 1. The van der Waals surface area contributed by atoms with Crippen molar-refractivity contribution in [1.29, 1.82) is 0 Å². The van der Waals surface area contributed by atoms with Gasteiger partial charge in [0.1, 0.15) is 5.69 Å². The van der Waals surface area contributed by atoms with Crippen molar-refractivity contribution in [2.24, 2.45) is 11.8 Å². The van der Waals surface area contributed by atoms with Crippen LogP contribution in [0.3, 0.4) is 0 Å². The summed E-state index contributed by atoms with van der Waals surface area (Å²) in [5.74, 6) is -1.46. The first-order chi connectivity index (χ1) is 10.1. The monoisotopic (exact) mass is 288 g/mol. The number of rotatable bonds is 3. The van der Waals surface area contributed by atoms with Crippen LogP contribution in [0, 0.1) is 11.8 Å². The van der Waals surface area contributed by atoms with Gasteiger partial charge in [0, 0.05) is 18.5 Å². The molecular weight excluding hydrogens is 272 g/mol. The molecule has 0 aliphatic carbocycles. The molecule has 0 saturated carbocycles. The van der Waals surface area contributed by atoms with Crippen molar-refractivity contribution < 1.29 is 19.2 Å². The number of amides is 1. The van der Waals surface area contributed by atoms with Gasteiger partial charge in [-0.1, -0.05) is 24.2 Å².